The molecule has 0 aliphatic carbocycles. The maximum absolute atomic E-state index is 11.5. The van der Waals surface area contributed by atoms with Gasteiger partial charge < -0.3 is 5.32 Å². The number of halogens is 1. The van der Waals surface area contributed by atoms with Crippen molar-refractivity contribution in [3.8, 4) is 0 Å². The van der Waals surface area contributed by atoms with Gasteiger partial charge in [-0.1, -0.05) is 35.0 Å². The maximum atomic E-state index is 11.5. The van der Waals surface area contributed by atoms with Gasteiger partial charge in [-0.15, -0.1) is 0 Å². The van der Waals surface area contributed by atoms with Crippen molar-refractivity contribution in [1.82, 2.24) is 5.32 Å². The third kappa shape index (κ3) is 5.08. The second-order valence-corrected chi connectivity index (χ2v) is 7.86. The summed E-state index contributed by atoms with van der Waals surface area (Å²) < 4.78 is 24.1. The predicted octanol–water partition coefficient (Wildman–Crippen LogP) is 2.92. The normalized spacial score (nSPS) is 15.3. The van der Waals surface area contributed by atoms with Crippen molar-refractivity contribution < 1.29 is 8.42 Å². The minimum Gasteiger partial charge on any atom is -0.307 e. The SMILES string of the molecule is CCS(=O)(=O)CC(C)NC(C)c1cccc(Br)c1. The van der Waals surface area contributed by atoms with Crippen LogP contribution < -0.4 is 5.32 Å². The fourth-order valence-electron chi connectivity index (χ4n) is 1.85. The molecule has 1 rings (SSSR count). The van der Waals surface area contributed by atoms with Crippen molar-refractivity contribution >= 4 is 25.8 Å². The number of hydrogen-bond donors (Lipinski definition) is 1. The molecule has 0 aromatic heterocycles. The Morgan fingerprint density at radius 3 is 2.56 bits per heavy atom. The Morgan fingerprint density at radius 2 is 2.00 bits per heavy atom. The molecule has 0 heterocycles. The van der Waals surface area contributed by atoms with Crippen LogP contribution in [0.4, 0.5) is 0 Å². The Bertz CT molecular complexity index is 488. The molecule has 0 saturated heterocycles. The molecule has 0 fully saturated rings. The van der Waals surface area contributed by atoms with Crippen molar-refractivity contribution in [2.75, 3.05) is 11.5 Å². The maximum Gasteiger partial charge on any atom is 0.151 e. The highest BCUT2D eigenvalue weighted by atomic mass is 79.9. The first-order chi connectivity index (χ1) is 8.34. The van der Waals surface area contributed by atoms with Gasteiger partial charge in [0.05, 0.1) is 5.75 Å². The highest BCUT2D eigenvalue weighted by Crippen LogP contribution is 2.18. The molecule has 5 heteroatoms. The number of rotatable bonds is 6. The van der Waals surface area contributed by atoms with Crippen LogP contribution in [0.3, 0.4) is 0 Å². The van der Waals surface area contributed by atoms with E-state index in [4.69, 9.17) is 0 Å². The summed E-state index contributed by atoms with van der Waals surface area (Å²) in [7, 11) is -2.93. The molecule has 1 aromatic carbocycles. The standard InChI is InChI=1S/C13H20BrNO2S/c1-4-18(16,17)9-10(2)15-11(3)12-6-5-7-13(14)8-12/h5-8,10-11,15H,4,9H2,1-3H3. The van der Waals surface area contributed by atoms with Gasteiger partial charge in [0, 0.05) is 22.3 Å². The van der Waals surface area contributed by atoms with E-state index >= 15 is 0 Å². The third-order valence-electron chi connectivity index (χ3n) is 2.83. The summed E-state index contributed by atoms with van der Waals surface area (Å²) in [6.07, 6.45) is 0. The number of benzene rings is 1. The lowest BCUT2D eigenvalue weighted by atomic mass is 10.1. The summed E-state index contributed by atoms with van der Waals surface area (Å²) in [5.41, 5.74) is 1.14. The predicted molar refractivity (Wildman–Crippen MR) is 79.5 cm³/mol. The monoisotopic (exact) mass is 333 g/mol. The van der Waals surface area contributed by atoms with Gasteiger partial charge in [-0.2, -0.15) is 0 Å². The molecule has 102 valence electrons. The van der Waals surface area contributed by atoms with Crippen LogP contribution in [0.25, 0.3) is 0 Å². The van der Waals surface area contributed by atoms with Gasteiger partial charge in [0.2, 0.25) is 0 Å². The summed E-state index contributed by atoms with van der Waals surface area (Å²) in [4.78, 5) is 0. The molecular weight excluding hydrogens is 314 g/mol. The topological polar surface area (TPSA) is 46.2 Å². The van der Waals surface area contributed by atoms with Crippen molar-refractivity contribution in [3.63, 3.8) is 0 Å². The molecule has 0 radical (unpaired) electrons. The van der Waals surface area contributed by atoms with Crippen LogP contribution in [-0.4, -0.2) is 26.0 Å². The van der Waals surface area contributed by atoms with Crippen molar-refractivity contribution in [2.24, 2.45) is 0 Å². The van der Waals surface area contributed by atoms with Crippen LogP contribution >= 0.6 is 15.9 Å². The summed E-state index contributed by atoms with van der Waals surface area (Å²) in [6, 6.07) is 8.10. The fraction of sp³-hybridized carbons (Fsp3) is 0.538. The first-order valence-electron chi connectivity index (χ1n) is 6.06. The largest absolute Gasteiger partial charge is 0.307 e. The lowest BCUT2D eigenvalue weighted by Gasteiger charge is -2.20. The second kappa shape index (κ2) is 6.68. The summed E-state index contributed by atoms with van der Waals surface area (Å²) in [5.74, 6) is 0.381. The van der Waals surface area contributed by atoms with E-state index in [0.29, 0.717) is 0 Å². The first-order valence-corrected chi connectivity index (χ1v) is 8.67. The van der Waals surface area contributed by atoms with Crippen LogP contribution in [0, 0.1) is 0 Å². The zero-order valence-electron chi connectivity index (χ0n) is 11.0. The van der Waals surface area contributed by atoms with Crippen LogP contribution in [0.15, 0.2) is 28.7 Å². The molecular formula is C13H20BrNO2S. The number of nitrogens with one attached hydrogen (secondary N) is 1. The smallest absolute Gasteiger partial charge is 0.151 e. The van der Waals surface area contributed by atoms with Crippen molar-refractivity contribution in [1.29, 1.82) is 0 Å². The fourth-order valence-corrected chi connectivity index (χ4v) is 3.36. The van der Waals surface area contributed by atoms with Gasteiger partial charge in [-0.05, 0) is 31.5 Å². The molecule has 0 aliphatic rings. The van der Waals surface area contributed by atoms with E-state index in [1.807, 2.05) is 38.1 Å². The molecule has 2 atom stereocenters. The lowest BCUT2D eigenvalue weighted by Crippen LogP contribution is -2.35. The van der Waals surface area contributed by atoms with Gasteiger partial charge in [0.15, 0.2) is 9.84 Å². The van der Waals surface area contributed by atoms with E-state index in [1.165, 1.54) is 0 Å². The average molecular weight is 334 g/mol. The third-order valence-corrected chi connectivity index (χ3v) is 5.21. The number of sulfone groups is 1. The van der Waals surface area contributed by atoms with E-state index in [-0.39, 0.29) is 23.6 Å². The van der Waals surface area contributed by atoms with E-state index in [2.05, 4.69) is 21.2 Å². The molecule has 1 N–H and O–H groups in total. The highest BCUT2D eigenvalue weighted by molar-refractivity contribution is 9.10. The van der Waals surface area contributed by atoms with Gasteiger partial charge in [0.1, 0.15) is 0 Å². The Labute approximate surface area is 118 Å². The number of hydrogen-bond acceptors (Lipinski definition) is 3. The Kier molecular flexibility index (Phi) is 5.82. The molecule has 0 spiro atoms. The molecule has 0 aliphatic heterocycles. The van der Waals surface area contributed by atoms with E-state index in [9.17, 15) is 8.42 Å². The quantitative estimate of drug-likeness (QED) is 0.870. The highest BCUT2D eigenvalue weighted by Gasteiger charge is 2.16. The minimum absolute atomic E-state index is 0.0519. The van der Waals surface area contributed by atoms with E-state index in [0.717, 1.165) is 10.0 Å². The Hall–Kier alpha value is -0.390. The van der Waals surface area contributed by atoms with Gasteiger partial charge >= 0.3 is 0 Å². The molecule has 1 aromatic rings. The van der Waals surface area contributed by atoms with E-state index < -0.39 is 9.84 Å². The molecule has 0 amide bonds. The van der Waals surface area contributed by atoms with E-state index in [1.54, 1.807) is 6.92 Å². The minimum atomic E-state index is -2.93. The molecule has 18 heavy (non-hydrogen) atoms. The van der Waals surface area contributed by atoms with Crippen LogP contribution in [0.5, 0.6) is 0 Å². The van der Waals surface area contributed by atoms with Crippen molar-refractivity contribution in [3.05, 3.63) is 34.3 Å². The van der Waals surface area contributed by atoms with Crippen molar-refractivity contribution in [2.45, 2.75) is 32.9 Å². The van der Waals surface area contributed by atoms with Crippen LogP contribution in [0.1, 0.15) is 32.4 Å². The molecule has 2 unspecified atom stereocenters. The molecule has 0 bridgehead atoms. The van der Waals surface area contributed by atoms with Gasteiger partial charge in [-0.25, -0.2) is 8.42 Å². The lowest BCUT2D eigenvalue weighted by molar-refractivity contribution is 0.499. The zero-order chi connectivity index (χ0) is 13.8. The van der Waals surface area contributed by atoms with Crippen LogP contribution in [0.2, 0.25) is 0 Å². The molecule has 3 nitrogen and oxygen atoms in total. The average Bonchev–Trinajstić information content (AvgIpc) is 2.28. The summed E-state index contributed by atoms with van der Waals surface area (Å²) >= 11 is 3.43. The molecule has 0 saturated carbocycles. The Balaban J connectivity index is 2.62. The van der Waals surface area contributed by atoms with Crippen LogP contribution in [-0.2, 0) is 9.84 Å². The Morgan fingerprint density at radius 1 is 1.33 bits per heavy atom. The summed E-state index contributed by atoms with van der Waals surface area (Å²) in [5, 5.41) is 3.31. The zero-order valence-corrected chi connectivity index (χ0v) is 13.4. The first kappa shape index (κ1) is 15.7. The second-order valence-electron chi connectivity index (χ2n) is 4.54. The summed E-state index contributed by atoms with van der Waals surface area (Å²) in [6.45, 7) is 5.62. The van der Waals surface area contributed by atoms with Gasteiger partial charge in [0.25, 0.3) is 0 Å². The van der Waals surface area contributed by atoms with Gasteiger partial charge in [-0.3, -0.25) is 0 Å².